The number of benzene rings is 2. The van der Waals surface area contributed by atoms with Crippen molar-refractivity contribution in [2.24, 2.45) is 0 Å². The molecule has 0 radical (unpaired) electrons. The van der Waals surface area contributed by atoms with E-state index in [9.17, 15) is 28.4 Å². The fourth-order valence-corrected chi connectivity index (χ4v) is 7.74. The molecule has 4 aromatic rings. The van der Waals surface area contributed by atoms with Crippen LogP contribution in [-0.4, -0.2) is 92.9 Å². The van der Waals surface area contributed by atoms with E-state index < -0.39 is 41.6 Å². The number of aromatic nitrogens is 3. The van der Waals surface area contributed by atoms with Crippen molar-refractivity contribution in [3.8, 4) is 22.6 Å². The summed E-state index contributed by atoms with van der Waals surface area (Å²) in [4.78, 5) is 69.8. The summed E-state index contributed by atoms with van der Waals surface area (Å²) in [5.74, 6) is -2.69. The van der Waals surface area contributed by atoms with Gasteiger partial charge in [0.05, 0.1) is 28.4 Å². The Morgan fingerprint density at radius 2 is 1.80 bits per heavy atom. The number of anilines is 1. The van der Waals surface area contributed by atoms with Crippen molar-refractivity contribution in [2.45, 2.75) is 50.8 Å². The highest BCUT2D eigenvalue weighted by atomic mass is 35.5. The Hall–Kier alpha value is -5.58. The molecule has 56 heavy (non-hydrogen) atoms. The number of piperidine rings is 2. The van der Waals surface area contributed by atoms with E-state index in [1.807, 2.05) is 10.9 Å². The van der Waals surface area contributed by atoms with E-state index in [1.54, 1.807) is 25.4 Å². The maximum atomic E-state index is 14.1. The number of amides is 5. The third-order valence-corrected chi connectivity index (χ3v) is 10.8. The number of ether oxygens (including phenoxy) is 2. The van der Waals surface area contributed by atoms with Crippen molar-refractivity contribution in [2.75, 3.05) is 38.5 Å². The fourth-order valence-electron chi connectivity index (χ4n) is 7.06. The highest BCUT2D eigenvalue weighted by Crippen LogP contribution is 2.37. The van der Waals surface area contributed by atoms with Crippen LogP contribution in [0.1, 0.15) is 71.0 Å². The molecular formula is C38H37Cl2FN8O7. The van der Waals surface area contributed by atoms with Gasteiger partial charge in [-0.3, -0.25) is 38.9 Å². The molecule has 0 saturated carbocycles. The van der Waals surface area contributed by atoms with Gasteiger partial charge in [-0.05, 0) is 62.6 Å². The van der Waals surface area contributed by atoms with E-state index in [-0.39, 0.29) is 64.1 Å². The van der Waals surface area contributed by atoms with Crippen molar-refractivity contribution in [1.29, 1.82) is 0 Å². The Morgan fingerprint density at radius 3 is 2.57 bits per heavy atom. The van der Waals surface area contributed by atoms with Gasteiger partial charge >= 0.3 is 0 Å². The molecule has 2 atom stereocenters. The number of fused-ring (bicyclic) bond motifs is 1. The van der Waals surface area contributed by atoms with Gasteiger partial charge in [-0.25, -0.2) is 9.37 Å². The number of nitrogen functional groups attached to an aromatic ring is 1. The Kier molecular flexibility index (Phi) is 11.2. The first kappa shape index (κ1) is 38.7. The van der Waals surface area contributed by atoms with Gasteiger partial charge in [0.1, 0.15) is 23.7 Å². The first-order chi connectivity index (χ1) is 26.9. The zero-order valence-corrected chi connectivity index (χ0v) is 31.6. The van der Waals surface area contributed by atoms with Crippen LogP contribution in [0, 0.1) is 5.82 Å². The number of nitrogens with two attached hydrogens (primary N) is 1. The highest BCUT2D eigenvalue weighted by Gasteiger charge is 2.44. The highest BCUT2D eigenvalue weighted by molar-refractivity contribution is 6.36. The summed E-state index contributed by atoms with van der Waals surface area (Å²) in [6.07, 6.45) is 6.40. The molecule has 2 saturated heterocycles. The van der Waals surface area contributed by atoms with Crippen molar-refractivity contribution in [1.82, 2.24) is 35.2 Å². The second-order valence-electron chi connectivity index (χ2n) is 13.7. The number of pyridine rings is 1. The molecule has 5 heterocycles. The molecule has 15 nitrogen and oxygen atoms in total. The first-order valence-corrected chi connectivity index (χ1v) is 18.7. The van der Waals surface area contributed by atoms with Crippen LogP contribution < -0.4 is 25.8 Å². The minimum atomic E-state index is -1.07. The van der Waals surface area contributed by atoms with E-state index in [0.717, 1.165) is 42.0 Å². The topological polar surface area (TPSA) is 191 Å². The van der Waals surface area contributed by atoms with Gasteiger partial charge < -0.3 is 25.4 Å². The zero-order valence-electron chi connectivity index (χ0n) is 30.1. The predicted octanol–water partition coefficient (Wildman–Crippen LogP) is 4.35. The third-order valence-electron chi connectivity index (χ3n) is 10.1. The fraction of sp³-hybridized carbons (Fsp3) is 0.342. The van der Waals surface area contributed by atoms with Gasteiger partial charge in [-0.2, -0.15) is 5.10 Å². The van der Waals surface area contributed by atoms with Crippen LogP contribution in [0.15, 0.2) is 55.0 Å². The summed E-state index contributed by atoms with van der Waals surface area (Å²) in [5, 5.41) is 9.77. The molecule has 0 aliphatic carbocycles. The lowest BCUT2D eigenvalue weighted by Crippen LogP contribution is -2.54. The lowest BCUT2D eigenvalue weighted by atomic mass is 10.0. The van der Waals surface area contributed by atoms with Crippen molar-refractivity contribution < 1.29 is 37.8 Å². The first-order valence-electron chi connectivity index (χ1n) is 18.0. The van der Waals surface area contributed by atoms with E-state index in [4.69, 9.17) is 38.4 Å². The Morgan fingerprint density at radius 1 is 1.04 bits per heavy atom. The SMILES string of the molecule is C[C@@H](Oc1cc(-c2cnn(C3CCN(CCNC(=O)COc4ccc5c(c4)C(=O)N(C4CCC(=O)NC4=O)C5=O)CC3)c2)cnc1N)c1c(Cl)ccc(F)c1Cl. The van der Waals surface area contributed by atoms with Crippen LogP contribution in [0.5, 0.6) is 11.5 Å². The number of hydrogen-bond donors (Lipinski definition) is 3. The second kappa shape index (κ2) is 16.3. The predicted molar refractivity (Wildman–Crippen MR) is 202 cm³/mol. The molecule has 4 N–H and O–H groups in total. The van der Waals surface area contributed by atoms with Gasteiger partial charge in [-0.15, -0.1) is 0 Å². The number of likely N-dealkylation sites (tertiary alicyclic amines) is 1. The van der Waals surface area contributed by atoms with E-state index in [2.05, 4.69) is 25.6 Å². The molecule has 292 valence electrons. The molecule has 2 aromatic carbocycles. The van der Waals surface area contributed by atoms with E-state index in [0.29, 0.717) is 24.4 Å². The molecule has 0 spiro atoms. The van der Waals surface area contributed by atoms with Crippen LogP contribution in [0.25, 0.3) is 11.1 Å². The van der Waals surface area contributed by atoms with Crippen LogP contribution in [-0.2, 0) is 14.4 Å². The summed E-state index contributed by atoms with van der Waals surface area (Å²) < 4.78 is 27.7. The van der Waals surface area contributed by atoms with Crippen molar-refractivity contribution in [3.63, 3.8) is 0 Å². The maximum absolute atomic E-state index is 14.1. The van der Waals surface area contributed by atoms with Crippen LogP contribution in [0.2, 0.25) is 10.0 Å². The van der Waals surface area contributed by atoms with E-state index >= 15 is 0 Å². The van der Waals surface area contributed by atoms with Crippen LogP contribution in [0.3, 0.4) is 0 Å². The summed E-state index contributed by atoms with van der Waals surface area (Å²) in [6, 6.07) is 7.75. The van der Waals surface area contributed by atoms with E-state index in [1.165, 1.54) is 30.3 Å². The number of rotatable bonds is 12. The number of carbonyl (C=O) groups excluding carboxylic acids is 5. The second-order valence-corrected chi connectivity index (χ2v) is 14.5. The lowest BCUT2D eigenvalue weighted by Gasteiger charge is -2.32. The molecule has 2 aromatic heterocycles. The molecule has 3 aliphatic heterocycles. The maximum Gasteiger partial charge on any atom is 0.262 e. The van der Waals surface area contributed by atoms with Crippen LogP contribution in [0.4, 0.5) is 10.2 Å². The van der Waals surface area contributed by atoms with Crippen molar-refractivity contribution >= 4 is 58.6 Å². The van der Waals surface area contributed by atoms with Crippen LogP contribution >= 0.6 is 23.2 Å². The van der Waals surface area contributed by atoms with Gasteiger partial charge in [-0.1, -0.05) is 23.2 Å². The lowest BCUT2D eigenvalue weighted by molar-refractivity contribution is -0.136. The number of nitrogens with one attached hydrogen (secondary N) is 2. The molecule has 18 heteroatoms. The Bertz CT molecular complexity index is 2230. The zero-order chi connectivity index (χ0) is 39.7. The average Bonchev–Trinajstić information content (AvgIpc) is 3.76. The number of hydrogen-bond acceptors (Lipinski definition) is 11. The Labute approximate surface area is 330 Å². The average molecular weight is 808 g/mol. The standard InChI is InChI=1S/C38H37Cl2FN8O7/c1-20(33-27(39)4-5-28(41)34(33)40)56-30-14-21(16-44-35(30)42)22-17-45-48(18-22)23-8-11-47(12-9-23)13-10-43-32(51)19-55-24-2-3-25-26(15-24)38(54)49(37(25)53)29-6-7-31(50)46-36(29)52/h2-5,14-18,20,23,29H,6-13,19H2,1H3,(H2,42,44)(H,43,51)(H,46,50,52)/t20-,29?/m1/s1. The quantitative estimate of drug-likeness (QED) is 0.136. The minimum Gasteiger partial charge on any atom is -0.484 e. The third kappa shape index (κ3) is 8.03. The molecule has 7 rings (SSSR count). The van der Waals surface area contributed by atoms with Gasteiger partial charge in [0.2, 0.25) is 11.8 Å². The normalized spacial score (nSPS) is 18.1. The van der Waals surface area contributed by atoms with Gasteiger partial charge in [0.15, 0.2) is 18.2 Å². The molecule has 3 aliphatic rings. The molecular weight excluding hydrogens is 770 g/mol. The minimum absolute atomic E-state index is 0.0250. The number of halogens is 3. The van der Waals surface area contributed by atoms with Gasteiger partial charge in [0, 0.05) is 66.7 Å². The Balaban J connectivity index is 0.855. The number of imide groups is 2. The molecule has 1 unspecified atom stereocenters. The summed E-state index contributed by atoms with van der Waals surface area (Å²) >= 11 is 12.5. The van der Waals surface area contributed by atoms with Crippen molar-refractivity contribution in [3.05, 3.63) is 87.5 Å². The molecule has 0 bridgehead atoms. The largest absolute Gasteiger partial charge is 0.484 e. The smallest absolute Gasteiger partial charge is 0.262 e. The molecule has 5 amide bonds. The number of nitrogens with zero attached hydrogens (tertiary/aromatic N) is 5. The number of carbonyl (C=O) groups is 5. The summed E-state index contributed by atoms with van der Waals surface area (Å²) in [7, 11) is 0. The monoisotopic (exact) mass is 806 g/mol. The summed E-state index contributed by atoms with van der Waals surface area (Å²) in [5.41, 5.74) is 8.16. The van der Waals surface area contributed by atoms with Gasteiger partial charge in [0.25, 0.3) is 17.7 Å². The summed E-state index contributed by atoms with van der Waals surface area (Å²) in [6.45, 7) is 4.04. The molecule has 2 fully saturated rings.